The molecule has 0 spiro atoms. The number of unbranched alkanes of at least 4 members (excludes halogenated alkanes) is 1. The lowest BCUT2D eigenvalue weighted by Crippen LogP contribution is -2.64. The Balaban J connectivity index is 1.48. The fraction of sp³-hybridized carbons (Fsp3) is 0.765. The molecule has 1 aromatic heterocycles. The zero-order valence-electron chi connectivity index (χ0n) is 14.4. The fourth-order valence-electron chi connectivity index (χ4n) is 3.61. The van der Waals surface area contributed by atoms with Crippen molar-refractivity contribution in [3.63, 3.8) is 0 Å². The standard InChI is InChI=1S/C17H29N5O/c1-3-4-11-22-16(8-9-18-22)19-17(23)20-12-15(13-20)21-10-6-5-7-14(21)2/h8-9,14-15H,3-7,10-13H2,1-2H3,(H,19,23)/t14-/m1/s1. The predicted molar refractivity (Wildman–Crippen MR) is 91.5 cm³/mol. The number of urea groups is 1. The van der Waals surface area contributed by atoms with Crippen LogP contribution in [-0.2, 0) is 6.54 Å². The number of anilines is 1. The summed E-state index contributed by atoms with van der Waals surface area (Å²) in [7, 11) is 0. The Morgan fingerprint density at radius 3 is 2.96 bits per heavy atom. The van der Waals surface area contributed by atoms with E-state index in [1.807, 2.05) is 15.6 Å². The summed E-state index contributed by atoms with van der Waals surface area (Å²) in [6.45, 7) is 8.20. The van der Waals surface area contributed by atoms with Gasteiger partial charge < -0.3 is 4.90 Å². The van der Waals surface area contributed by atoms with Crippen molar-refractivity contribution < 1.29 is 4.79 Å². The van der Waals surface area contributed by atoms with Crippen LogP contribution >= 0.6 is 0 Å². The topological polar surface area (TPSA) is 53.4 Å². The van der Waals surface area contributed by atoms with Crippen molar-refractivity contribution in [1.29, 1.82) is 0 Å². The van der Waals surface area contributed by atoms with Crippen LogP contribution in [0.25, 0.3) is 0 Å². The fourth-order valence-corrected chi connectivity index (χ4v) is 3.61. The Hall–Kier alpha value is -1.56. The second kappa shape index (κ2) is 7.34. The number of hydrogen-bond donors (Lipinski definition) is 1. The van der Waals surface area contributed by atoms with Gasteiger partial charge in [0.15, 0.2) is 0 Å². The summed E-state index contributed by atoms with van der Waals surface area (Å²) >= 11 is 0. The number of aromatic nitrogens is 2. The van der Waals surface area contributed by atoms with Gasteiger partial charge in [0, 0.05) is 37.8 Å². The summed E-state index contributed by atoms with van der Waals surface area (Å²) in [5.41, 5.74) is 0. The van der Waals surface area contributed by atoms with E-state index in [1.54, 1.807) is 6.20 Å². The Morgan fingerprint density at radius 2 is 2.22 bits per heavy atom. The van der Waals surface area contributed by atoms with Crippen LogP contribution in [0, 0.1) is 0 Å². The van der Waals surface area contributed by atoms with E-state index in [9.17, 15) is 4.79 Å². The van der Waals surface area contributed by atoms with Gasteiger partial charge in [-0.25, -0.2) is 9.48 Å². The van der Waals surface area contributed by atoms with Gasteiger partial charge in [-0.3, -0.25) is 10.2 Å². The minimum Gasteiger partial charge on any atom is -0.321 e. The first-order valence-electron chi connectivity index (χ1n) is 9.02. The van der Waals surface area contributed by atoms with E-state index in [1.165, 1.54) is 25.8 Å². The molecule has 1 aromatic rings. The number of aryl methyl sites for hydroxylation is 1. The average molecular weight is 319 g/mol. The molecule has 23 heavy (non-hydrogen) atoms. The van der Waals surface area contributed by atoms with Gasteiger partial charge in [-0.1, -0.05) is 19.8 Å². The second-order valence-corrected chi connectivity index (χ2v) is 6.86. The lowest BCUT2D eigenvalue weighted by atomic mass is 9.98. The van der Waals surface area contributed by atoms with Crippen molar-refractivity contribution in [3.8, 4) is 0 Å². The number of amides is 2. The minimum absolute atomic E-state index is 0.00385. The third-order valence-electron chi connectivity index (χ3n) is 5.15. The van der Waals surface area contributed by atoms with E-state index < -0.39 is 0 Å². The van der Waals surface area contributed by atoms with Gasteiger partial charge in [0.25, 0.3) is 0 Å². The molecule has 2 amide bonds. The smallest absolute Gasteiger partial charge is 0.321 e. The SMILES string of the molecule is CCCCn1nccc1NC(=O)N1CC(N2CCCC[C@H]2C)C1. The summed E-state index contributed by atoms with van der Waals surface area (Å²) in [6.07, 6.45) is 7.87. The van der Waals surface area contributed by atoms with E-state index in [0.29, 0.717) is 12.1 Å². The van der Waals surface area contributed by atoms with E-state index in [2.05, 4.69) is 29.2 Å². The summed E-state index contributed by atoms with van der Waals surface area (Å²) in [4.78, 5) is 16.9. The quantitative estimate of drug-likeness (QED) is 0.908. The molecule has 0 unspecified atom stereocenters. The predicted octanol–water partition coefficient (Wildman–Crippen LogP) is 2.77. The number of nitrogens with zero attached hydrogens (tertiary/aromatic N) is 4. The van der Waals surface area contributed by atoms with Crippen LogP contribution in [0.5, 0.6) is 0 Å². The lowest BCUT2D eigenvalue weighted by molar-refractivity contribution is 0.0199. The summed E-state index contributed by atoms with van der Waals surface area (Å²) in [5.74, 6) is 0.804. The van der Waals surface area contributed by atoms with Crippen LogP contribution in [-0.4, -0.2) is 57.3 Å². The van der Waals surface area contributed by atoms with Gasteiger partial charge >= 0.3 is 6.03 Å². The second-order valence-electron chi connectivity index (χ2n) is 6.86. The highest BCUT2D eigenvalue weighted by Gasteiger charge is 2.37. The molecule has 6 nitrogen and oxygen atoms in total. The van der Waals surface area contributed by atoms with Gasteiger partial charge in [-0.15, -0.1) is 0 Å². The third kappa shape index (κ3) is 3.68. The third-order valence-corrected chi connectivity index (χ3v) is 5.15. The zero-order chi connectivity index (χ0) is 16.2. The van der Waals surface area contributed by atoms with Gasteiger partial charge in [-0.05, 0) is 32.7 Å². The molecular formula is C17H29N5O. The van der Waals surface area contributed by atoms with Crippen molar-refractivity contribution in [2.24, 2.45) is 0 Å². The maximum absolute atomic E-state index is 12.4. The molecule has 0 aromatic carbocycles. The van der Waals surface area contributed by atoms with Crippen LogP contribution < -0.4 is 5.32 Å². The highest BCUT2D eigenvalue weighted by molar-refractivity contribution is 5.89. The molecule has 0 radical (unpaired) electrons. The summed E-state index contributed by atoms with van der Waals surface area (Å²) in [5, 5.41) is 7.29. The van der Waals surface area contributed by atoms with E-state index >= 15 is 0 Å². The van der Waals surface area contributed by atoms with Gasteiger partial charge in [-0.2, -0.15) is 5.10 Å². The van der Waals surface area contributed by atoms with Crippen molar-refractivity contribution >= 4 is 11.8 Å². The number of hydrogen-bond acceptors (Lipinski definition) is 3. The highest BCUT2D eigenvalue weighted by atomic mass is 16.2. The Morgan fingerprint density at radius 1 is 1.39 bits per heavy atom. The molecule has 2 saturated heterocycles. The van der Waals surface area contributed by atoms with Gasteiger partial charge in [0.1, 0.15) is 5.82 Å². The monoisotopic (exact) mass is 319 g/mol. The largest absolute Gasteiger partial charge is 0.323 e. The van der Waals surface area contributed by atoms with Crippen LogP contribution in [0.4, 0.5) is 10.6 Å². The minimum atomic E-state index is 0.00385. The van der Waals surface area contributed by atoms with E-state index in [4.69, 9.17) is 0 Å². The van der Waals surface area contributed by atoms with Crippen molar-refractivity contribution in [3.05, 3.63) is 12.3 Å². The highest BCUT2D eigenvalue weighted by Crippen LogP contribution is 2.24. The average Bonchev–Trinajstić information content (AvgIpc) is 2.92. The number of likely N-dealkylation sites (tertiary alicyclic amines) is 2. The maximum atomic E-state index is 12.4. The van der Waals surface area contributed by atoms with E-state index in [0.717, 1.165) is 38.3 Å². The van der Waals surface area contributed by atoms with Crippen LogP contribution in [0.3, 0.4) is 0 Å². The van der Waals surface area contributed by atoms with E-state index in [-0.39, 0.29) is 6.03 Å². The number of piperidine rings is 1. The Kier molecular flexibility index (Phi) is 5.20. The maximum Gasteiger partial charge on any atom is 0.323 e. The molecule has 1 atom stereocenters. The number of carbonyl (C=O) groups excluding carboxylic acids is 1. The Labute approximate surface area is 138 Å². The summed E-state index contributed by atoms with van der Waals surface area (Å²) in [6, 6.07) is 3.08. The molecule has 3 rings (SSSR count). The molecule has 0 bridgehead atoms. The zero-order valence-corrected chi connectivity index (χ0v) is 14.4. The van der Waals surface area contributed by atoms with Crippen LogP contribution in [0.2, 0.25) is 0 Å². The number of rotatable bonds is 5. The first-order chi connectivity index (χ1) is 11.2. The van der Waals surface area contributed by atoms with Crippen molar-refractivity contribution in [2.75, 3.05) is 25.0 Å². The molecule has 3 heterocycles. The molecule has 2 aliphatic rings. The molecule has 2 aliphatic heterocycles. The normalized spacial score (nSPS) is 22.9. The van der Waals surface area contributed by atoms with Gasteiger partial charge in [0.2, 0.25) is 0 Å². The lowest BCUT2D eigenvalue weighted by Gasteiger charge is -2.49. The molecule has 128 valence electrons. The molecule has 6 heteroatoms. The molecule has 0 saturated carbocycles. The van der Waals surface area contributed by atoms with Crippen LogP contribution in [0.1, 0.15) is 46.0 Å². The molecule has 0 aliphatic carbocycles. The Bertz CT molecular complexity index is 523. The molecule has 1 N–H and O–H groups in total. The molecule has 2 fully saturated rings. The first-order valence-corrected chi connectivity index (χ1v) is 9.02. The number of nitrogens with one attached hydrogen (secondary N) is 1. The van der Waals surface area contributed by atoms with Crippen LogP contribution in [0.15, 0.2) is 12.3 Å². The van der Waals surface area contributed by atoms with Crippen molar-refractivity contribution in [1.82, 2.24) is 19.6 Å². The van der Waals surface area contributed by atoms with Gasteiger partial charge in [0.05, 0.1) is 6.20 Å². The number of carbonyl (C=O) groups is 1. The first kappa shape index (κ1) is 16.3. The van der Waals surface area contributed by atoms with Crippen molar-refractivity contribution in [2.45, 2.75) is 64.6 Å². The molecular weight excluding hydrogens is 290 g/mol. The summed E-state index contributed by atoms with van der Waals surface area (Å²) < 4.78 is 1.88.